The lowest BCUT2D eigenvalue weighted by Gasteiger charge is -2.06. The van der Waals surface area contributed by atoms with Gasteiger partial charge in [-0.3, -0.25) is 0 Å². The minimum atomic E-state index is -3.52. The van der Waals surface area contributed by atoms with Crippen molar-refractivity contribution in [3.63, 3.8) is 0 Å². The molecule has 102 valence electrons. The first kappa shape index (κ1) is 13.7. The van der Waals surface area contributed by atoms with Gasteiger partial charge in [0, 0.05) is 12.6 Å². The fraction of sp³-hybridized carbons (Fsp3) is 0.250. The van der Waals surface area contributed by atoms with E-state index >= 15 is 0 Å². The van der Waals surface area contributed by atoms with Crippen LogP contribution in [0.15, 0.2) is 46.0 Å². The molecule has 0 amide bonds. The van der Waals surface area contributed by atoms with Crippen molar-refractivity contribution >= 4 is 10.0 Å². The van der Waals surface area contributed by atoms with E-state index in [-0.39, 0.29) is 11.4 Å². The lowest BCUT2D eigenvalue weighted by Crippen LogP contribution is -2.23. The fourth-order valence-electron chi connectivity index (χ4n) is 1.57. The van der Waals surface area contributed by atoms with Crippen LogP contribution in [-0.2, 0) is 23.1 Å². The van der Waals surface area contributed by atoms with Crippen LogP contribution in [0.3, 0.4) is 0 Å². The zero-order chi connectivity index (χ0) is 13.7. The average molecular weight is 281 g/mol. The van der Waals surface area contributed by atoms with Gasteiger partial charge in [-0.1, -0.05) is 17.3 Å². The zero-order valence-electron chi connectivity index (χ0n) is 10.5. The Morgan fingerprint density at radius 2 is 1.89 bits per heavy atom. The van der Waals surface area contributed by atoms with Crippen molar-refractivity contribution in [2.24, 2.45) is 0 Å². The lowest BCUT2D eigenvalue weighted by molar-refractivity contribution is 0.411. The van der Waals surface area contributed by atoms with E-state index in [1.165, 1.54) is 6.26 Å². The molecule has 0 aliphatic rings. The highest BCUT2D eigenvalue weighted by atomic mass is 32.2. The summed E-state index contributed by atoms with van der Waals surface area (Å²) in [5.74, 6) is 0. The van der Waals surface area contributed by atoms with Crippen LogP contribution in [0.5, 0.6) is 0 Å². The molecule has 2 aromatic rings. The molecule has 0 spiro atoms. The molecular formula is C12H15N3O3S. The van der Waals surface area contributed by atoms with E-state index in [1.54, 1.807) is 30.3 Å². The molecule has 2 rings (SSSR count). The molecule has 0 atom stereocenters. The minimum absolute atomic E-state index is 0.108. The summed E-state index contributed by atoms with van der Waals surface area (Å²) in [6, 6.07) is 8.33. The van der Waals surface area contributed by atoms with E-state index in [0.29, 0.717) is 12.2 Å². The number of nitrogens with zero attached hydrogens (tertiary/aromatic N) is 1. The quantitative estimate of drug-likeness (QED) is 0.821. The monoisotopic (exact) mass is 281 g/mol. The normalized spacial score (nSPS) is 11.6. The molecule has 0 saturated carbocycles. The first-order valence-corrected chi connectivity index (χ1v) is 7.22. The van der Waals surface area contributed by atoms with Gasteiger partial charge in [-0.25, -0.2) is 13.1 Å². The number of hydrogen-bond donors (Lipinski definition) is 2. The Morgan fingerprint density at radius 1 is 1.16 bits per heavy atom. The number of rotatable bonds is 6. The molecule has 1 heterocycles. The third-order valence-electron chi connectivity index (χ3n) is 2.55. The standard InChI is InChI=1S/C12H15N3O3S/c1-13-8-10-2-4-12(5-3-10)19(16,17)14-9-11-6-7-18-15-11/h2-7,13-14H,8-9H2,1H3. The summed E-state index contributed by atoms with van der Waals surface area (Å²) in [6.07, 6.45) is 1.40. The smallest absolute Gasteiger partial charge is 0.240 e. The number of aromatic nitrogens is 1. The van der Waals surface area contributed by atoms with Gasteiger partial charge in [0.05, 0.1) is 17.1 Å². The van der Waals surface area contributed by atoms with Crippen molar-refractivity contribution in [3.05, 3.63) is 47.9 Å². The van der Waals surface area contributed by atoms with Gasteiger partial charge in [-0.15, -0.1) is 0 Å². The van der Waals surface area contributed by atoms with E-state index < -0.39 is 10.0 Å². The molecule has 0 radical (unpaired) electrons. The van der Waals surface area contributed by atoms with Crippen LogP contribution in [0.25, 0.3) is 0 Å². The maximum absolute atomic E-state index is 12.0. The van der Waals surface area contributed by atoms with Gasteiger partial charge in [0.2, 0.25) is 10.0 Å². The second-order valence-corrected chi connectivity index (χ2v) is 5.76. The molecule has 0 aliphatic carbocycles. The maximum atomic E-state index is 12.0. The Hall–Kier alpha value is -1.70. The van der Waals surface area contributed by atoms with Crippen molar-refractivity contribution in [2.75, 3.05) is 7.05 Å². The van der Waals surface area contributed by atoms with Crippen molar-refractivity contribution in [2.45, 2.75) is 18.0 Å². The molecular weight excluding hydrogens is 266 g/mol. The maximum Gasteiger partial charge on any atom is 0.240 e. The van der Waals surface area contributed by atoms with Crippen molar-refractivity contribution in [1.82, 2.24) is 15.2 Å². The Bertz CT molecular complexity index is 606. The van der Waals surface area contributed by atoms with Crippen molar-refractivity contribution in [1.29, 1.82) is 0 Å². The van der Waals surface area contributed by atoms with Crippen LogP contribution in [0.4, 0.5) is 0 Å². The first-order valence-electron chi connectivity index (χ1n) is 5.74. The van der Waals surface area contributed by atoms with Crippen LogP contribution in [0.2, 0.25) is 0 Å². The Labute approximate surface area is 111 Å². The molecule has 1 aromatic carbocycles. The average Bonchev–Trinajstić information content (AvgIpc) is 2.91. The molecule has 19 heavy (non-hydrogen) atoms. The topological polar surface area (TPSA) is 84.2 Å². The van der Waals surface area contributed by atoms with Gasteiger partial charge in [-0.05, 0) is 24.7 Å². The van der Waals surface area contributed by atoms with Crippen LogP contribution >= 0.6 is 0 Å². The van der Waals surface area contributed by atoms with Crippen LogP contribution in [0.1, 0.15) is 11.3 Å². The number of sulfonamides is 1. The van der Waals surface area contributed by atoms with Gasteiger partial charge in [0.15, 0.2) is 0 Å². The third-order valence-corrected chi connectivity index (χ3v) is 3.97. The zero-order valence-corrected chi connectivity index (χ0v) is 11.3. The van der Waals surface area contributed by atoms with Crippen molar-refractivity contribution < 1.29 is 12.9 Å². The van der Waals surface area contributed by atoms with Crippen LogP contribution in [-0.4, -0.2) is 20.6 Å². The van der Waals surface area contributed by atoms with Gasteiger partial charge in [0.25, 0.3) is 0 Å². The molecule has 2 N–H and O–H groups in total. The van der Waals surface area contributed by atoms with Gasteiger partial charge in [0.1, 0.15) is 6.26 Å². The predicted molar refractivity (Wildman–Crippen MR) is 69.7 cm³/mol. The second-order valence-electron chi connectivity index (χ2n) is 3.99. The Morgan fingerprint density at radius 3 is 2.47 bits per heavy atom. The lowest BCUT2D eigenvalue weighted by atomic mass is 10.2. The van der Waals surface area contributed by atoms with Crippen LogP contribution < -0.4 is 10.0 Å². The minimum Gasteiger partial charge on any atom is -0.364 e. The summed E-state index contributed by atoms with van der Waals surface area (Å²) in [6.45, 7) is 0.809. The summed E-state index contributed by atoms with van der Waals surface area (Å²) in [4.78, 5) is 0.232. The highest BCUT2D eigenvalue weighted by Gasteiger charge is 2.13. The Balaban J connectivity index is 2.06. The summed E-state index contributed by atoms with van der Waals surface area (Å²) in [5.41, 5.74) is 1.56. The molecule has 0 aliphatic heterocycles. The van der Waals surface area contributed by atoms with Crippen LogP contribution in [0, 0.1) is 0 Å². The molecule has 0 saturated heterocycles. The predicted octanol–water partition coefficient (Wildman–Crippen LogP) is 0.872. The SMILES string of the molecule is CNCc1ccc(S(=O)(=O)NCc2ccon2)cc1. The van der Waals surface area contributed by atoms with E-state index in [0.717, 1.165) is 5.56 Å². The van der Waals surface area contributed by atoms with E-state index in [9.17, 15) is 8.42 Å². The summed E-state index contributed by atoms with van der Waals surface area (Å²) in [7, 11) is -1.68. The summed E-state index contributed by atoms with van der Waals surface area (Å²) in [5, 5.41) is 6.64. The van der Waals surface area contributed by atoms with Gasteiger partial charge in [-0.2, -0.15) is 0 Å². The highest BCUT2D eigenvalue weighted by Crippen LogP contribution is 2.11. The summed E-state index contributed by atoms with van der Waals surface area (Å²) >= 11 is 0. The molecule has 0 fully saturated rings. The van der Waals surface area contributed by atoms with E-state index in [2.05, 4.69) is 19.7 Å². The second kappa shape index (κ2) is 5.96. The number of benzene rings is 1. The Kier molecular flexibility index (Phi) is 4.31. The molecule has 0 bridgehead atoms. The molecule has 0 unspecified atom stereocenters. The molecule has 6 nitrogen and oxygen atoms in total. The fourth-order valence-corrected chi connectivity index (χ4v) is 2.57. The van der Waals surface area contributed by atoms with E-state index in [1.807, 2.05) is 7.05 Å². The van der Waals surface area contributed by atoms with Gasteiger partial charge >= 0.3 is 0 Å². The molecule has 1 aromatic heterocycles. The van der Waals surface area contributed by atoms with E-state index in [4.69, 9.17) is 0 Å². The van der Waals surface area contributed by atoms with Crippen molar-refractivity contribution in [3.8, 4) is 0 Å². The summed E-state index contributed by atoms with van der Waals surface area (Å²) < 4.78 is 31.1. The van der Waals surface area contributed by atoms with Gasteiger partial charge < -0.3 is 9.84 Å². The highest BCUT2D eigenvalue weighted by molar-refractivity contribution is 7.89. The number of hydrogen-bond acceptors (Lipinski definition) is 5. The largest absolute Gasteiger partial charge is 0.364 e. The number of nitrogens with one attached hydrogen (secondary N) is 2. The molecule has 7 heteroatoms. The first-order chi connectivity index (χ1) is 9.12. The third kappa shape index (κ3) is 3.63.